The predicted octanol–water partition coefficient (Wildman–Crippen LogP) is 2.04. The maximum atomic E-state index is 12.8. The van der Waals surface area contributed by atoms with Crippen molar-refractivity contribution in [1.29, 1.82) is 0 Å². The highest BCUT2D eigenvalue weighted by Crippen LogP contribution is 2.55. The van der Waals surface area contributed by atoms with Crippen LogP contribution in [-0.2, 0) is 31.1 Å². The van der Waals surface area contributed by atoms with E-state index < -0.39 is 40.8 Å². The van der Waals surface area contributed by atoms with Crippen molar-refractivity contribution in [3.05, 3.63) is 0 Å². The van der Waals surface area contributed by atoms with Gasteiger partial charge in [0.2, 0.25) is 10.0 Å². The van der Waals surface area contributed by atoms with Crippen LogP contribution in [0, 0.1) is 0 Å². The predicted molar refractivity (Wildman–Crippen MR) is 89.7 cm³/mol. The van der Waals surface area contributed by atoms with Crippen LogP contribution >= 0.6 is 6.57 Å². The van der Waals surface area contributed by atoms with Gasteiger partial charge in [-0.25, -0.2) is 17.9 Å². The summed E-state index contributed by atoms with van der Waals surface area (Å²) in [5.74, 6) is -2.29. The maximum Gasteiger partial charge on any atom is 0.471 e. The molecule has 1 N–H and O–H groups in total. The first-order valence-electron chi connectivity index (χ1n) is 6.96. The van der Waals surface area contributed by atoms with Gasteiger partial charge in [-0.15, -0.1) is 0 Å². The average molecular weight is 427 g/mol. The molecule has 0 aliphatic carbocycles. The largest absolute Gasteiger partial charge is 0.471 e. The number of halogens is 3. The Morgan fingerprint density at radius 1 is 1.28 bits per heavy atom. The molecule has 2 atom stereocenters. The second-order valence-electron chi connectivity index (χ2n) is 5.22. The molecular formula is C11H21F3N3O5PS2. The Morgan fingerprint density at radius 2 is 1.76 bits per heavy atom. The lowest BCUT2D eigenvalue weighted by Gasteiger charge is -2.39. The summed E-state index contributed by atoms with van der Waals surface area (Å²) in [5.41, 5.74) is 0. The molecule has 14 heteroatoms. The van der Waals surface area contributed by atoms with E-state index in [1.807, 2.05) is 0 Å². The molecule has 0 bridgehead atoms. The van der Waals surface area contributed by atoms with Gasteiger partial charge >= 0.3 is 18.1 Å². The van der Waals surface area contributed by atoms with Crippen LogP contribution < -0.4 is 4.72 Å². The van der Waals surface area contributed by atoms with Gasteiger partial charge in [0, 0.05) is 14.1 Å². The van der Waals surface area contributed by atoms with Gasteiger partial charge in [-0.3, -0.25) is 14.1 Å². The maximum absolute atomic E-state index is 12.8. The van der Waals surface area contributed by atoms with Crippen molar-refractivity contribution >= 4 is 40.3 Å². The number of sulfonamides is 1. The minimum atomic E-state index is -5.23. The van der Waals surface area contributed by atoms with E-state index in [-0.39, 0.29) is 4.67 Å². The lowest BCUT2D eigenvalue weighted by molar-refractivity contribution is -0.179. The number of carbonyl (C=O) groups excluding carboxylic acids is 2. The van der Waals surface area contributed by atoms with Gasteiger partial charge < -0.3 is 4.52 Å². The molecule has 8 nitrogen and oxygen atoms in total. The van der Waals surface area contributed by atoms with Crippen LogP contribution in [0.5, 0.6) is 0 Å². The molecule has 25 heavy (non-hydrogen) atoms. The number of carbonyl (C=O) groups is 2. The molecule has 148 valence electrons. The molecule has 0 radical (unpaired) electrons. The first-order chi connectivity index (χ1) is 11.1. The van der Waals surface area contributed by atoms with Gasteiger partial charge in [0.05, 0.1) is 12.4 Å². The number of alkyl halides is 3. The molecule has 0 aliphatic rings. The van der Waals surface area contributed by atoms with E-state index in [1.165, 1.54) is 6.92 Å². The van der Waals surface area contributed by atoms with Crippen LogP contribution in [0.1, 0.15) is 26.7 Å². The number of amides is 3. The third-order valence-corrected chi connectivity index (χ3v) is 7.66. The van der Waals surface area contributed by atoms with E-state index in [1.54, 1.807) is 11.6 Å². The summed E-state index contributed by atoms with van der Waals surface area (Å²) < 4.78 is 68.3. The molecule has 2 unspecified atom stereocenters. The van der Waals surface area contributed by atoms with Crippen LogP contribution in [0.25, 0.3) is 0 Å². The van der Waals surface area contributed by atoms with Crippen LogP contribution in [-0.4, -0.2) is 62.3 Å². The summed E-state index contributed by atoms with van der Waals surface area (Å²) in [7, 11) is -2.26. The van der Waals surface area contributed by atoms with Gasteiger partial charge in [-0.05, 0) is 25.2 Å². The van der Waals surface area contributed by atoms with Crippen molar-refractivity contribution in [2.75, 3.05) is 20.4 Å². The number of nitrogens with zero attached hydrogens (tertiary/aromatic N) is 2. The van der Waals surface area contributed by atoms with Crippen LogP contribution in [0.2, 0.25) is 0 Å². The van der Waals surface area contributed by atoms with E-state index in [9.17, 15) is 31.2 Å². The first kappa shape index (κ1) is 24.1. The Bertz CT molecular complexity index is 656. The average Bonchev–Trinajstić information content (AvgIpc) is 2.41. The molecule has 0 heterocycles. The Kier molecular flexibility index (Phi) is 8.34. The van der Waals surface area contributed by atoms with Gasteiger partial charge in [-0.2, -0.15) is 13.2 Å². The fraction of sp³-hybridized carbons (Fsp3) is 0.818. The normalized spacial score (nSPS) is 15.8. The number of rotatable bonds is 7. The first-order valence-corrected chi connectivity index (χ1v) is 11.5. The molecule has 0 fully saturated rings. The fourth-order valence-corrected chi connectivity index (χ4v) is 4.96. The van der Waals surface area contributed by atoms with Gasteiger partial charge in [0.25, 0.3) is 6.57 Å². The van der Waals surface area contributed by atoms with E-state index in [4.69, 9.17) is 16.3 Å². The van der Waals surface area contributed by atoms with Crippen LogP contribution in [0.3, 0.4) is 0 Å². The fourth-order valence-electron chi connectivity index (χ4n) is 1.67. The molecule has 0 aromatic rings. The van der Waals surface area contributed by atoms with Crippen molar-refractivity contribution in [2.24, 2.45) is 0 Å². The number of nitrogens with one attached hydrogen (secondary N) is 1. The number of hydrogen-bond acceptors (Lipinski definition) is 6. The Balaban J connectivity index is 5.86. The van der Waals surface area contributed by atoms with Crippen molar-refractivity contribution < 1.29 is 35.7 Å². The number of urea groups is 1. The third kappa shape index (κ3) is 7.08. The summed E-state index contributed by atoms with van der Waals surface area (Å²) >= 11 is 5.11. The van der Waals surface area contributed by atoms with Gasteiger partial charge in [-0.1, -0.05) is 13.3 Å². The summed E-state index contributed by atoms with van der Waals surface area (Å²) in [6.45, 7) is -0.702. The lowest BCUT2D eigenvalue weighted by Crippen LogP contribution is -2.45. The molecule has 0 aliphatic heterocycles. The monoisotopic (exact) mass is 427 g/mol. The van der Waals surface area contributed by atoms with E-state index in [0.717, 1.165) is 14.1 Å². The summed E-state index contributed by atoms with van der Waals surface area (Å²) in [5, 5.41) is 0. The summed E-state index contributed by atoms with van der Waals surface area (Å²) in [6.07, 6.45) is -4.17. The highest BCUT2D eigenvalue weighted by molar-refractivity contribution is 8.10. The Morgan fingerprint density at radius 3 is 2.12 bits per heavy atom. The van der Waals surface area contributed by atoms with E-state index in [0.29, 0.717) is 23.8 Å². The summed E-state index contributed by atoms with van der Waals surface area (Å²) in [4.78, 5) is 23.6. The third-order valence-electron chi connectivity index (χ3n) is 2.87. The lowest BCUT2D eigenvalue weighted by atomic mass is 10.2. The van der Waals surface area contributed by atoms with Crippen molar-refractivity contribution in [2.45, 2.75) is 39.0 Å². The zero-order chi connectivity index (χ0) is 20.2. The quantitative estimate of drug-likeness (QED) is 0.625. The second-order valence-corrected chi connectivity index (χ2v) is 10.8. The zero-order valence-corrected chi connectivity index (χ0v) is 16.9. The highest BCUT2D eigenvalue weighted by Gasteiger charge is 2.48. The molecule has 0 aromatic carbocycles. The zero-order valence-electron chi connectivity index (χ0n) is 14.3. The Labute approximate surface area is 149 Å². The van der Waals surface area contributed by atoms with Gasteiger partial charge in [0.15, 0.2) is 0 Å². The minimum Gasteiger partial charge on any atom is -0.315 e. The topological polar surface area (TPSA) is 96.0 Å². The molecule has 0 saturated heterocycles. The molecule has 0 aromatic heterocycles. The van der Waals surface area contributed by atoms with Crippen LogP contribution in [0.15, 0.2) is 0 Å². The van der Waals surface area contributed by atoms with Crippen molar-refractivity contribution in [3.8, 4) is 0 Å². The second kappa shape index (κ2) is 8.65. The Hall–Kier alpha value is -0.910. The van der Waals surface area contributed by atoms with E-state index >= 15 is 0 Å². The van der Waals surface area contributed by atoms with Gasteiger partial charge in [0.1, 0.15) is 0 Å². The highest BCUT2D eigenvalue weighted by atomic mass is 32.5. The standard InChI is InChI=1S/C11H21F3N3O5PS2/c1-6-7-8(2)22-23(24,16(3)9(18)11(12,13)14)17(4)10(19)15-25(5,20)21/h8H,6-7H2,1-5H3,(H,15,19). The number of hydrogen-bond donors (Lipinski definition) is 1. The van der Waals surface area contributed by atoms with Crippen molar-refractivity contribution in [3.63, 3.8) is 0 Å². The molecule has 0 saturated carbocycles. The summed E-state index contributed by atoms with van der Waals surface area (Å²) in [6, 6.07) is -1.30. The molecule has 3 amide bonds. The van der Waals surface area contributed by atoms with Crippen molar-refractivity contribution in [1.82, 2.24) is 14.1 Å². The molecular weight excluding hydrogens is 406 g/mol. The molecule has 0 rings (SSSR count). The smallest absolute Gasteiger partial charge is 0.315 e. The SMILES string of the molecule is CCCC(C)OP(=S)(N(C)C(=O)NS(C)(=O)=O)N(C)C(=O)C(F)(F)F. The molecule has 0 spiro atoms. The van der Waals surface area contributed by atoms with E-state index in [2.05, 4.69) is 0 Å². The van der Waals surface area contributed by atoms with Crippen LogP contribution in [0.4, 0.5) is 18.0 Å². The minimum absolute atomic E-state index is 0.135.